The topological polar surface area (TPSA) is 125 Å². The summed E-state index contributed by atoms with van der Waals surface area (Å²) in [6.07, 6.45) is 6.80. The van der Waals surface area contributed by atoms with Gasteiger partial charge in [0.15, 0.2) is 5.60 Å². The molecule has 4 rings (SSSR count). The zero-order valence-electron chi connectivity index (χ0n) is 18.8. The molecule has 1 aromatic carbocycles. The lowest BCUT2D eigenvalue weighted by atomic mass is 9.50. The molecule has 0 unspecified atom stereocenters. The average molecular weight is 457 g/mol. The first-order chi connectivity index (χ1) is 15.5. The van der Waals surface area contributed by atoms with Crippen LogP contribution in [0.1, 0.15) is 57.6 Å². The maximum absolute atomic E-state index is 12.1. The number of hydrogen-bond donors (Lipinski definition) is 1. The molecule has 33 heavy (non-hydrogen) atoms. The Labute approximate surface area is 191 Å². The lowest BCUT2D eigenvalue weighted by Crippen LogP contribution is -2.64. The number of nitrogens with zero attached hydrogens (tertiary/aromatic N) is 1. The van der Waals surface area contributed by atoms with Gasteiger partial charge >= 0.3 is 11.9 Å². The van der Waals surface area contributed by atoms with Gasteiger partial charge in [0.25, 0.3) is 5.09 Å². The molecule has 0 radical (unpaired) electrons. The fourth-order valence-corrected chi connectivity index (χ4v) is 6.71. The molecule has 0 bridgehead atoms. The van der Waals surface area contributed by atoms with E-state index in [1.165, 1.54) is 13.8 Å². The molecule has 0 aromatic heterocycles. The van der Waals surface area contributed by atoms with Crippen molar-refractivity contribution in [2.75, 3.05) is 0 Å². The third-order valence-electron chi connectivity index (χ3n) is 7.96. The van der Waals surface area contributed by atoms with Gasteiger partial charge in [0, 0.05) is 19.3 Å². The molecule has 1 N–H and O–H groups in total. The molecule has 0 saturated heterocycles. The summed E-state index contributed by atoms with van der Waals surface area (Å²) in [5.41, 5.74) is -2.44. The van der Waals surface area contributed by atoms with Gasteiger partial charge in [0.2, 0.25) is 0 Å². The molecule has 0 amide bonds. The molecule has 2 saturated carbocycles. The molecule has 176 valence electrons. The predicted molar refractivity (Wildman–Crippen MR) is 114 cm³/mol. The summed E-state index contributed by atoms with van der Waals surface area (Å²) in [7, 11) is 0. The minimum Gasteiger partial charge on any atom is -0.445 e. The van der Waals surface area contributed by atoms with E-state index in [9.17, 15) is 24.8 Å². The largest absolute Gasteiger partial charge is 0.445 e. The highest BCUT2D eigenvalue weighted by Gasteiger charge is 2.70. The number of carbonyl (C=O) groups excluding carboxylic acids is 2. The minimum atomic E-state index is -1.65. The Morgan fingerprint density at radius 2 is 1.97 bits per heavy atom. The summed E-state index contributed by atoms with van der Waals surface area (Å²) in [6.45, 7) is 4.47. The van der Waals surface area contributed by atoms with Crippen LogP contribution in [0.5, 0.6) is 5.75 Å². The van der Waals surface area contributed by atoms with Gasteiger partial charge in [-0.15, -0.1) is 16.5 Å². The second-order valence-corrected chi connectivity index (χ2v) is 9.53. The van der Waals surface area contributed by atoms with Crippen molar-refractivity contribution in [1.29, 1.82) is 0 Å². The van der Waals surface area contributed by atoms with Crippen molar-refractivity contribution in [2.45, 2.75) is 70.2 Å². The van der Waals surface area contributed by atoms with E-state index >= 15 is 0 Å². The highest BCUT2D eigenvalue weighted by molar-refractivity contribution is 5.69. The number of hydrogen-bond acceptors (Lipinski definition) is 8. The van der Waals surface area contributed by atoms with E-state index in [1.807, 2.05) is 6.92 Å². The number of terminal acetylenes is 1. The number of aliphatic hydroxyl groups is 1. The number of carbonyl (C=O) groups is 2. The van der Waals surface area contributed by atoms with Crippen molar-refractivity contribution >= 4 is 11.9 Å². The van der Waals surface area contributed by atoms with Crippen LogP contribution in [0, 0.1) is 39.7 Å². The summed E-state index contributed by atoms with van der Waals surface area (Å²) in [5.74, 6) is 1.49. The molecule has 2 fully saturated rings. The van der Waals surface area contributed by atoms with E-state index in [0.29, 0.717) is 37.0 Å². The normalized spacial score (nSPS) is 36.4. The van der Waals surface area contributed by atoms with Crippen molar-refractivity contribution in [3.05, 3.63) is 39.4 Å². The number of benzene rings is 1. The monoisotopic (exact) mass is 457 g/mol. The first kappa shape index (κ1) is 23.1. The standard InChI is InChI=1S/C24H27NO8/c1-5-23(32-15(3)27)11-10-19-20-8-6-16-12-17(31-14(2)26)7-9-18(16)24(20,28)21(33-25(29)30)13-22(19,23)4/h1,7,9,12,19-21,28H,6,8,10-11,13H2,2-4H3/t19-,20+,21-,22-,23+,24+/m1/s1. The number of aryl methyl sites for hydroxylation is 1. The maximum atomic E-state index is 12.1. The van der Waals surface area contributed by atoms with Crippen LogP contribution in [-0.2, 0) is 31.2 Å². The maximum Gasteiger partial charge on any atom is 0.308 e. The van der Waals surface area contributed by atoms with E-state index in [4.69, 9.17) is 20.7 Å². The van der Waals surface area contributed by atoms with Gasteiger partial charge < -0.3 is 19.4 Å². The van der Waals surface area contributed by atoms with Crippen molar-refractivity contribution in [3.8, 4) is 18.1 Å². The molecule has 1 aromatic rings. The first-order valence-corrected chi connectivity index (χ1v) is 11.0. The van der Waals surface area contributed by atoms with Crippen molar-refractivity contribution in [3.63, 3.8) is 0 Å². The summed E-state index contributed by atoms with van der Waals surface area (Å²) < 4.78 is 10.9. The molecule has 0 spiro atoms. The molecule has 9 heteroatoms. The van der Waals surface area contributed by atoms with E-state index in [2.05, 4.69) is 5.92 Å². The molecule has 3 aliphatic carbocycles. The quantitative estimate of drug-likeness (QED) is 0.241. The summed E-state index contributed by atoms with van der Waals surface area (Å²) in [5, 5.41) is 22.7. The summed E-state index contributed by atoms with van der Waals surface area (Å²) in [4.78, 5) is 39.8. The Kier molecular flexibility index (Phi) is 5.40. The molecular formula is C24H27NO8. The number of rotatable bonds is 4. The zero-order chi connectivity index (χ0) is 24.2. The smallest absolute Gasteiger partial charge is 0.308 e. The molecule has 6 atom stereocenters. The molecule has 0 aliphatic heterocycles. The Morgan fingerprint density at radius 1 is 1.24 bits per heavy atom. The number of ether oxygens (including phenoxy) is 2. The van der Waals surface area contributed by atoms with Crippen LogP contribution in [-0.4, -0.2) is 33.8 Å². The second kappa shape index (κ2) is 7.73. The van der Waals surface area contributed by atoms with Crippen LogP contribution < -0.4 is 4.74 Å². The molecular weight excluding hydrogens is 430 g/mol. The van der Waals surface area contributed by atoms with Crippen LogP contribution in [0.2, 0.25) is 0 Å². The van der Waals surface area contributed by atoms with Crippen LogP contribution in [0.4, 0.5) is 0 Å². The molecule has 0 heterocycles. The minimum absolute atomic E-state index is 0.0360. The van der Waals surface area contributed by atoms with Gasteiger partial charge in [-0.2, -0.15) is 0 Å². The van der Waals surface area contributed by atoms with Gasteiger partial charge in [-0.25, -0.2) is 0 Å². The van der Waals surface area contributed by atoms with E-state index in [1.54, 1.807) is 18.2 Å². The van der Waals surface area contributed by atoms with E-state index < -0.39 is 45.7 Å². The third kappa shape index (κ3) is 3.35. The number of fused-ring (bicyclic) bond motifs is 5. The second-order valence-electron chi connectivity index (χ2n) is 9.53. The van der Waals surface area contributed by atoms with Crippen molar-refractivity contribution in [2.24, 2.45) is 17.3 Å². The Bertz CT molecular complexity index is 1060. The average Bonchev–Trinajstić information content (AvgIpc) is 2.99. The Hall–Kier alpha value is -3.12. The van der Waals surface area contributed by atoms with Crippen molar-refractivity contribution in [1.82, 2.24) is 0 Å². The lowest BCUT2D eigenvalue weighted by molar-refractivity contribution is -0.775. The predicted octanol–water partition coefficient (Wildman–Crippen LogP) is 2.69. The SMILES string of the molecule is C#C[C@]1(OC(C)=O)CC[C@@H]2[C@@H]3CCc4cc(OC(C)=O)ccc4[C@@]3(O)[C@H](O[N+](=O)[O-])C[C@]21C. The van der Waals surface area contributed by atoms with Crippen molar-refractivity contribution < 1.29 is 34.1 Å². The summed E-state index contributed by atoms with van der Waals surface area (Å²) in [6, 6.07) is 4.90. The van der Waals surface area contributed by atoms with Gasteiger partial charge in [0.05, 0.1) is 0 Å². The summed E-state index contributed by atoms with van der Waals surface area (Å²) >= 11 is 0. The first-order valence-electron chi connectivity index (χ1n) is 11.0. The highest BCUT2D eigenvalue weighted by Crippen LogP contribution is 2.66. The molecule has 9 nitrogen and oxygen atoms in total. The van der Waals surface area contributed by atoms with Gasteiger partial charge in [-0.05, 0) is 67.2 Å². The van der Waals surface area contributed by atoms with Crippen LogP contribution in [0.3, 0.4) is 0 Å². The van der Waals surface area contributed by atoms with Gasteiger partial charge in [0.1, 0.15) is 17.5 Å². The molecule has 3 aliphatic rings. The van der Waals surface area contributed by atoms with Crippen LogP contribution in [0.15, 0.2) is 18.2 Å². The Morgan fingerprint density at radius 3 is 2.58 bits per heavy atom. The highest BCUT2D eigenvalue weighted by atomic mass is 17.0. The zero-order valence-corrected chi connectivity index (χ0v) is 18.8. The van der Waals surface area contributed by atoms with Crippen LogP contribution >= 0.6 is 0 Å². The fraction of sp³-hybridized carbons (Fsp3) is 0.583. The van der Waals surface area contributed by atoms with E-state index in [0.717, 1.165) is 5.56 Å². The van der Waals surface area contributed by atoms with Gasteiger partial charge in [-0.1, -0.05) is 18.9 Å². The van der Waals surface area contributed by atoms with Crippen LogP contribution in [0.25, 0.3) is 0 Å². The van der Waals surface area contributed by atoms with E-state index in [-0.39, 0.29) is 12.3 Å². The lowest BCUT2D eigenvalue weighted by Gasteiger charge is -2.58. The fourth-order valence-electron chi connectivity index (χ4n) is 6.71. The Balaban J connectivity index is 1.83. The number of esters is 2. The van der Waals surface area contributed by atoms with Gasteiger partial charge in [-0.3, -0.25) is 9.59 Å². The third-order valence-corrected chi connectivity index (χ3v) is 7.96.